The normalized spacial score (nSPS) is 17.1. The molecule has 2 nitrogen and oxygen atoms in total. The minimum Gasteiger partial charge on any atom is -0.410 e. The molecule has 0 unspecified atom stereocenters. The summed E-state index contributed by atoms with van der Waals surface area (Å²) in [4.78, 5) is 10.6. The quantitative estimate of drug-likeness (QED) is 0.405. The van der Waals surface area contributed by atoms with Crippen molar-refractivity contribution in [1.82, 2.24) is 0 Å². The molecule has 0 aromatic carbocycles. The van der Waals surface area contributed by atoms with E-state index in [2.05, 4.69) is 46.9 Å². The van der Waals surface area contributed by atoms with E-state index in [1.54, 1.807) is 0 Å². The Bertz CT molecular complexity index is 264. The second-order valence-corrected chi connectivity index (χ2v) is 11.0. The number of allylic oxidation sites excluding steroid dienone is 1. The summed E-state index contributed by atoms with van der Waals surface area (Å²) < 4.78 is 6.35. The molecule has 0 amide bonds. The summed E-state index contributed by atoms with van der Waals surface area (Å²) in [5.41, 5.74) is 0. The van der Waals surface area contributed by atoms with Gasteiger partial charge in [0, 0.05) is 6.42 Å². The van der Waals surface area contributed by atoms with E-state index in [9.17, 15) is 4.79 Å². The second kappa shape index (κ2) is 6.50. The maximum Gasteiger partial charge on any atom is 0.192 e. The van der Waals surface area contributed by atoms with E-state index < -0.39 is 8.32 Å². The van der Waals surface area contributed by atoms with Crippen LogP contribution >= 0.6 is 0 Å². The van der Waals surface area contributed by atoms with Gasteiger partial charge in [-0.2, -0.15) is 0 Å². The Hall–Kier alpha value is -0.413. The summed E-state index contributed by atoms with van der Waals surface area (Å²) in [5.74, 6) is 0.248. The molecule has 0 aromatic heterocycles. The topological polar surface area (TPSA) is 26.3 Å². The molecule has 3 heteroatoms. The van der Waals surface area contributed by atoms with Gasteiger partial charge < -0.3 is 9.22 Å². The molecule has 0 aliphatic rings. The Morgan fingerprint density at radius 3 is 2.18 bits per heavy atom. The maximum absolute atomic E-state index is 10.6. The lowest BCUT2D eigenvalue weighted by atomic mass is 10.0. The summed E-state index contributed by atoms with van der Waals surface area (Å²) >= 11 is 0. The van der Waals surface area contributed by atoms with Gasteiger partial charge in [0.1, 0.15) is 6.29 Å². The first-order chi connectivity index (χ1) is 7.65. The summed E-state index contributed by atoms with van der Waals surface area (Å²) in [6, 6.07) is 0. The Morgan fingerprint density at radius 2 is 1.82 bits per heavy atom. The molecule has 100 valence electrons. The van der Waals surface area contributed by atoms with Crippen LogP contribution in [0.15, 0.2) is 12.2 Å². The average molecular weight is 256 g/mol. The molecule has 0 saturated carbocycles. The van der Waals surface area contributed by atoms with Gasteiger partial charge in [-0.25, -0.2) is 0 Å². The highest BCUT2D eigenvalue weighted by molar-refractivity contribution is 6.74. The number of hydrogen-bond acceptors (Lipinski definition) is 2. The Labute approximate surface area is 108 Å². The SMILES string of the molecule is C/C=C/[C@H](O[Si](C)(C)C(C)(C)C)[C@H](C)CC=O. The van der Waals surface area contributed by atoms with E-state index in [1.165, 1.54) is 0 Å². The standard InChI is InChI=1S/C14H28O2Si/c1-8-9-13(12(2)10-11-15)16-17(6,7)14(3,4)5/h8-9,11-13H,10H2,1-7H3/b9-8+/t12-,13+/m1/s1. The molecule has 0 fully saturated rings. The van der Waals surface area contributed by atoms with Crippen LogP contribution in [-0.2, 0) is 9.22 Å². The van der Waals surface area contributed by atoms with Gasteiger partial charge in [-0.05, 0) is 31.0 Å². The lowest BCUT2D eigenvalue weighted by Crippen LogP contribution is -2.45. The molecule has 0 bridgehead atoms. The van der Waals surface area contributed by atoms with Crippen molar-refractivity contribution < 1.29 is 9.22 Å². The fourth-order valence-corrected chi connectivity index (χ4v) is 2.68. The van der Waals surface area contributed by atoms with Crippen molar-refractivity contribution in [1.29, 1.82) is 0 Å². The first kappa shape index (κ1) is 16.6. The summed E-state index contributed by atoms with van der Waals surface area (Å²) in [5, 5.41) is 0.202. The zero-order chi connectivity index (χ0) is 13.7. The van der Waals surface area contributed by atoms with Crippen LogP contribution in [0.3, 0.4) is 0 Å². The lowest BCUT2D eigenvalue weighted by molar-refractivity contribution is -0.109. The summed E-state index contributed by atoms with van der Waals surface area (Å²) in [7, 11) is -1.76. The third kappa shape index (κ3) is 5.17. The van der Waals surface area contributed by atoms with E-state index in [1.807, 2.05) is 13.0 Å². The predicted octanol–water partition coefficient (Wildman–Crippen LogP) is 4.18. The molecule has 0 radical (unpaired) electrons. The molecule has 0 aromatic rings. The fraction of sp³-hybridized carbons (Fsp3) is 0.786. The molecular formula is C14H28O2Si. The number of carbonyl (C=O) groups is 1. The molecule has 0 heterocycles. The summed E-state index contributed by atoms with van der Waals surface area (Å²) in [6.07, 6.45) is 5.69. The van der Waals surface area contributed by atoms with Crippen molar-refractivity contribution in [2.75, 3.05) is 0 Å². The molecule has 17 heavy (non-hydrogen) atoms. The van der Waals surface area contributed by atoms with Gasteiger partial charge in [-0.1, -0.05) is 39.8 Å². The molecule has 0 aliphatic heterocycles. The van der Waals surface area contributed by atoms with Gasteiger partial charge >= 0.3 is 0 Å². The van der Waals surface area contributed by atoms with E-state index in [0.717, 1.165) is 6.29 Å². The van der Waals surface area contributed by atoms with Crippen LogP contribution in [0.1, 0.15) is 41.0 Å². The first-order valence-electron chi connectivity index (χ1n) is 6.40. The lowest BCUT2D eigenvalue weighted by Gasteiger charge is -2.40. The zero-order valence-electron chi connectivity index (χ0n) is 12.4. The van der Waals surface area contributed by atoms with Crippen molar-refractivity contribution in [3.05, 3.63) is 12.2 Å². The average Bonchev–Trinajstić information content (AvgIpc) is 2.15. The third-order valence-corrected chi connectivity index (χ3v) is 8.12. The number of carbonyl (C=O) groups excluding carboxylic acids is 1. The van der Waals surface area contributed by atoms with Crippen LogP contribution in [0.5, 0.6) is 0 Å². The van der Waals surface area contributed by atoms with Crippen LogP contribution < -0.4 is 0 Å². The van der Waals surface area contributed by atoms with E-state index in [0.29, 0.717) is 6.42 Å². The highest BCUT2D eigenvalue weighted by atomic mass is 28.4. The molecule has 0 N–H and O–H groups in total. The van der Waals surface area contributed by atoms with E-state index in [-0.39, 0.29) is 17.1 Å². The van der Waals surface area contributed by atoms with Crippen molar-refractivity contribution in [3.63, 3.8) is 0 Å². The van der Waals surface area contributed by atoms with Crippen LogP contribution in [0.4, 0.5) is 0 Å². The highest BCUT2D eigenvalue weighted by Gasteiger charge is 2.39. The smallest absolute Gasteiger partial charge is 0.192 e. The van der Waals surface area contributed by atoms with Gasteiger partial charge in [0.15, 0.2) is 8.32 Å². The molecule has 2 atom stereocenters. The van der Waals surface area contributed by atoms with Gasteiger partial charge in [0.05, 0.1) is 6.10 Å². The minimum absolute atomic E-state index is 0.0612. The van der Waals surface area contributed by atoms with Crippen molar-refractivity contribution in [2.45, 2.75) is 65.3 Å². The van der Waals surface area contributed by atoms with Crippen molar-refractivity contribution >= 4 is 14.6 Å². The van der Waals surface area contributed by atoms with Gasteiger partial charge in [-0.3, -0.25) is 0 Å². The zero-order valence-corrected chi connectivity index (χ0v) is 13.4. The predicted molar refractivity (Wildman–Crippen MR) is 76.7 cm³/mol. The van der Waals surface area contributed by atoms with Crippen LogP contribution in [0.25, 0.3) is 0 Å². The number of aldehydes is 1. The van der Waals surface area contributed by atoms with Gasteiger partial charge in [-0.15, -0.1) is 0 Å². The van der Waals surface area contributed by atoms with Crippen molar-refractivity contribution in [3.8, 4) is 0 Å². The first-order valence-corrected chi connectivity index (χ1v) is 9.30. The van der Waals surface area contributed by atoms with Crippen LogP contribution in [0.2, 0.25) is 18.1 Å². The minimum atomic E-state index is -1.76. The van der Waals surface area contributed by atoms with Crippen molar-refractivity contribution in [2.24, 2.45) is 5.92 Å². The molecule has 0 saturated heterocycles. The fourth-order valence-electron chi connectivity index (χ4n) is 1.34. The number of hydrogen-bond donors (Lipinski definition) is 0. The van der Waals surface area contributed by atoms with Crippen LogP contribution in [-0.4, -0.2) is 20.7 Å². The molecule has 0 aliphatic carbocycles. The Kier molecular flexibility index (Phi) is 6.34. The summed E-state index contributed by atoms with van der Waals surface area (Å²) in [6.45, 7) is 15.3. The Balaban J connectivity index is 4.82. The maximum atomic E-state index is 10.6. The second-order valence-electron chi connectivity index (χ2n) is 6.25. The number of rotatable bonds is 6. The monoisotopic (exact) mass is 256 g/mol. The Morgan fingerprint density at radius 1 is 1.29 bits per heavy atom. The molecule has 0 spiro atoms. The van der Waals surface area contributed by atoms with Gasteiger partial charge in [0.25, 0.3) is 0 Å². The van der Waals surface area contributed by atoms with E-state index >= 15 is 0 Å². The molecular weight excluding hydrogens is 228 g/mol. The largest absolute Gasteiger partial charge is 0.410 e. The van der Waals surface area contributed by atoms with Crippen LogP contribution in [0, 0.1) is 5.92 Å². The molecule has 0 rings (SSSR count). The third-order valence-electron chi connectivity index (χ3n) is 3.65. The van der Waals surface area contributed by atoms with Gasteiger partial charge in [0.2, 0.25) is 0 Å². The highest BCUT2D eigenvalue weighted by Crippen LogP contribution is 2.38. The van der Waals surface area contributed by atoms with E-state index in [4.69, 9.17) is 4.43 Å².